The topological polar surface area (TPSA) is 9.86 Å². The molecule has 356 valence electrons. The van der Waals surface area contributed by atoms with Gasteiger partial charge in [0, 0.05) is 32.9 Å². The van der Waals surface area contributed by atoms with E-state index in [1.165, 1.54) is 107 Å². The zero-order chi connectivity index (χ0) is 50.2. The van der Waals surface area contributed by atoms with E-state index >= 15 is 0 Å². The second-order valence-corrected chi connectivity index (χ2v) is 27.8. The van der Waals surface area contributed by atoms with Crippen LogP contribution in [-0.2, 0) is 0 Å². The van der Waals surface area contributed by atoms with Crippen LogP contribution < -0.4 is 41.5 Å². The summed E-state index contributed by atoms with van der Waals surface area (Å²) in [6.45, 7) is 0. The number of para-hydroxylation sites is 2. The maximum Gasteiger partial charge on any atom is 0.181 e. The second-order valence-electron chi connectivity index (χ2n) is 20.3. The summed E-state index contributed by atoms with van der Waals surface area (Å²) in [4.78, 5) is 0. The summed E-state index contributed by atoms with van der Waals surface area (Å²) in [6, 6.07) is 114. The van der Waals surface area contributed by atoms with Crippen LogP contribution in [0.2, 0.25) is 0 Å². The molecule has 4 heteroatoms. The first kappa shape index (κ1) is 44.2. The monoisotopic (exact) mass is 998 g/mol. The van der Waals surface area contributed by atoms with Gasteiger partial charge in [-0.25, -0.2) is 0 Å². The van der Waals surface area contributed by atoms with Crippen LogP contribution in [0.3, 0.4) is 0 Å². The van der Waals surface area contributed by atoms with Crippen molar-refractivity contribution in [1.29, 1.82) is 0 Å². The third-order valence-electron chi connectivity index (χ3n) is 16.5. The van der Waals surface area contributed by atoms with Crippen molar-refractivity contribution in [2.75, 3.05) is 0 Å². The van der Waals surface area contributed by atoms with E-state index in [2.05, 4.69) is 312 Å². The highest BCUT2D eigenvalue weighted by molar-refractivity contribution is 7.23. The molecule has 3 heterocycles. The number of rotatable bonds is 9. The van der Waals surface area contributed by atoms with Gasteiger partial charge in [-0.3, -0.25) is 0 Å². The minimum atomic E-state index is -2.78. The molecule has 15 rings (SSSR count). The number of aromatic nitrogens is 2. The summed E-state index contributed by atoms with van der Waals surface area (Å²) < 4.78 is 4.97. The maximum atomic E-state index is 2.49. The first-order chi connectivity index (χ1) is 37.7. The molecule has 2 nitrogen and oxygen atoms in total. The molecule has 0 radical (unpaired) electrons. The van der Waals surface area contributed by atoms with Crippen LogP contribution >= 0.6 is 0 Å². The Hall–Kier alpha value is -9.33. The first-order valence-corrected chi connectivity index (χ1v) is 30.4. The van der Waals surface area contributed by atoms with Gasteiger partial charge in [0.05, 0.1) is 22.1 Å². The van der Waals surface area contributed by atoms with E-state index in [1.54, 1.807) is 0 Å². The van der Waals surface area contributed by atoms with Crippen molar-refractivity contribution in [2.45, 2.75) is 0 Å². The van der Waals surface area contributed by atoms with Gasteiger partial charge in [-0.05, 0) is 118 Å². The molecule has 0 fully saturated rings. The Balaban J connectivity index is 0.912. The molecule has 0 unspecified atom stereocenters. The van der Waals surface area contributed by atoms with Crippen molar-refractivity contribution in [3.8, 4) is 33.6 Å². The predicted molar refractivity (Wildman–Crippen MR) is 327 cm³/mol. The SMILES string of the molecule is c1ccc([Si](c2ccccc2)(c2ccccc2)c2cccc(-n3c4ccccc4c4cc(-n5c6ccccc6c6cc(-c7cccc8c7[Si](c7ccccc7)(c7ccccc7)c7ccccc7-8)ccc65)ccc43)c2)cc1. The Bertz CT molecular complexity index is 4370. The molecule has 0 N–H and O–H groups in total. The van der Waals surface area contributed by atoms with Crippen LogP contribution in [0.25, 0.3) is 77.2 Å². The second kappa shape index (κ2) is 17.7. The Morgan fingerprint density at radius 3 is 1.28 bits per heavy atom. The Morgan fingerprint density at radius 1 is 0.263 bits per heavy atom. The fourth-order valence-electron chi connectivity index (χ4n) is 13.5. The van der Waals surface area contributed by atoms with Crippen molar-refractivity contribution in [2.24, 2.45) is 0 Å². The molecule has 14 aromatic rings. The van der Waals surface area contributed by atoms with Gasteiger partial charge in [-0.15, -0.1) is 0 Å². The number of hydrogen-bond donors (Lipinski definition) is 0. The van der Waals surface area contributed by atoms with Crippen LogP contribution in [0.5, 0.6) is 0 Å². The van der Waals surface area contributed by atoms with Gasteiger partial charge in [0.1, 0.15) is 0 Å². The molecule has 0 spiro atoms. The van der Waals surface area contributed by atoms with Crippen molar-refractivity contribution in [1.82, 2.24) is 9.13 Å². The molecule has 76 heavy (non-hydrogen) atoms. The van der Waals surface area contributed by atoms with E-state index in [1.807, 2.05) is 0 Å². The average Bonchev–Trinajstić information content (AvgIpc) is 4.29. The molecular formula is C72H50N2Si2. The smallest absolute Gasteiger partial charge is 0.181 e. The van der Waals surface area contributed by atoms with Gasteiger partial charge >= 0.3 is 0 Å². The highest BCUT2D eigenvalue weighted by atomic mass is 28.3. The van der Waals surface area contributed by atoms with Crippen LogP contribution in [0.1, 0.15) is 0 Å². The van der Waals surface area contributed by atoms with E-state index in [0.29, 0.717) is 0 Å². The van der Waals surface area contributed by atoms with Crippen LogP contribution in [0, 0.1) is 0 Å². The highest BCUT2D eigenvalue weighted by Gasteiger charge is 2.50. The lowest BCUT2D eigenvalue weighted by atomic mass is 9.98. The summed E-state index contributed by atoms with van der Waals surface area (Å²) in [5.74, 6) is 0. The molecule has 0 aliphatic carbocycles. The number of hydrogen-bond acceptors (Lipinski definition) is 0. The van der Waals surface area contributed by atoms with Crippen molar-refractivity contribution >= 4 is 101 Å². The standard InChI is InChI=1S/C72H50N2Si2/c1-6-25-54(26-7-1)75(55-27-8-2-9-28-55,56-29-10-3-11-30-56)59-35-22-24-52(49-59)73-68-42-20-17-37-62(68)66-50-53(45-47-70(66)73)74-67-41-19-16-36-61(67)65-48-51(44-46-69(65)74)60-39-23-40-64-63-38-18-21-43-71(63)76(72(60)64,57-31-12-4-13-32-57)58-33-14-5-15-34-58/h1-50H. The normalized spacial score (nSPS) is 12.8. The van der Waals surface area contributed by atoms with Gasteiger partial charge in [-0.1, -0.05) is 249 Å². The summed E-state index contributed by atoms with van der Waals surface area (Å²) in [5, 5.41) is 16.1. The number of nitrogens with zero attached hydrogens (tertiary/aromatic N) is 2. The minimum absolute atomic E-state index is 1.14. The summed E-state index contributed by atoms with van der Waals surface area (Å²) >= 11 is 0. The molecular weight excluding hydrogens is 949 g/mol. The molecule has 1 aliphatic rings. The van der Waals surface area contributed by atoms with E-state index in [4.69, 9.17) is 0 Å². The van der Waals surface area contributed by atoms with Gasteiger partial charge in [0.25, 0.3) is 0 Å². The molecule has 0 saturated heterocycles. The van der Waals surface area contributed by atoms with Crippen molar-refractivity contribution in [3.63, 3.8) is 0 Å². The van der Waals surface area contributed by atoms with E-state index in [-0.39, 0.29) is 0 Å². The molecule has 0 atom stereocenters. The fourth-order valence-corrected chi connectivity index (χ4v) is 23.7. The largest absolute Gasteiger partial charge is 0.309 e. The zero-order valence-corrected chi connectivity index (χ0v) is 43.8. The zero-order valence-electron chi connectivity index (χ0n) is 41.8. The van der Waals surface area contributed by atoms with Gasteiger partial charge in [0.15, 0.2) is 16.1 Å². The Labute approximate surface area is 444 Å². The van der Waals surface area contributed by atoms with Crippen LogP contribution in [-0.4, -0.2) is 25.3 Å². The Morgan fingerprint density at radius 2 is 0.684 bits per heavy atom. The van der Waals surface area contributed by atoms with E-state index in [9.17, 15) is 0 Å². The lowest BCUT2D eigenvalue weighted by Gasteiger charge is -2.34. The lowest BCUT2D eigenvalue weighted by Crippen LogP contribution is -2.74. The van der Waals surface area contributed by atoms with Gasteiger partial charge in [-0.2, -0.15) is 0 Å². The quantitative estimate of drug-likeness (QED) is 0.101. The average molecular weight is 999 g/mol. The fraction of sp³-hybridized carbons (Fsp3) is 0. The summed E-state index contributed by atoms with van der Waals surface area (Å²) in [5.41, 5.74) is 12.3. The predicted octanol–water partition coefficient (Wildman–Crippen LogP) is 12.3. The Kier molecular flexibility index (Phi) is 10.3. The maximum absolute atomic E-state index is 2.78. The van der Waals surface area contributed by atoms with Crippen molar-refractivity contribution in [3.05, 3.63) is 303 Å². The number of fused-ring (bicyclic) bond motifs is 9. The summed E-state index contributed by atoms with van der Waals surface area (Å²) in [6.07, 6.45) is 0. The number of benzene rings is 12. The van der Waals surface area contributed by atoms with E-state index < -0.39 is 16.1 Å². The third-order valence-corrected chi connectivity index (χ3v) is 26.2. The van der Waals surface area contributed by atoms with Crippen LogP contribution in [0.15, 0.2) is 303 Å². The molecule has 12 aromatic carbocycles. The highest BCUT2D eigenvalue weighted by Crippen LogP contribution is 2.40. The molecule has 0 amide bonds. The molecule has 2 aromatic heterocycles. The molecule has 1 aliphatic heterocycles. The lowest BCUT2D eigenvalue weighted by molar-refractivity contribution is 1.17. The van der Waals surface area contributed by atoms with Crippen LogP contribution in [0.4, 0.5) is 0 Å². The van der Waals surface area contributed by atoms with E-state index in [0.717, 1.165) is 11.4 Å². The third kappa shape index (κ3) is 6.45. The minimum Gasteiger partial charge on any atom is -0.309 e. The first-order valence-electron chi connectivity index (χ1n) is 26.4. The summed E-state index contributed by atoms with van der Waals surface area (Å²) in [7, 11) is -5.53. The molecule has 0 bridgehead atoms. The molecule has 0 saturated carbocycles. The van der Waals surface area contributed by atoms with Gasteiger partial charge < -0.3 is 9.13 Å². The van der Waals surface area contributed by atoms with Gasteiger partial charge in [0.2, 0.25) is 0 Å². The van der Waals surface area contributed by atoms with Crippen molar-refractivity contribution < 1.29 is 0 Å².